The third-order valence-corrected chi connectivity index (χ3v) is 3.17. The maximum Gasteiger partial charge on any atom is 0.220 e. The molecule has 0 radical (unpaired) electrons. The summed E-state index contributed by atoms with van der Waals surface area (Å²) in [5, 5.41) is 2.97. The van der Waals surface area contributed by atoms with Crippen molar-refractivity contribution in [2.45, 2.75) is 45.4 Å². The van der Waals surface area contributed by atoms with Crippen LogP contribution in [0, 0.1) is 5.92 Å². The van der Waals surface area contributed by atoms with Crippen LogP contribution in [0.25, 0.3) is 0 Å². The number of hydrogen-bond acceptors (Lipinski definition) is 2. The summed E-state index contributed by atoms with van der Waals surface area (Å²) < 4.78 is 0. The number of allylic oxidation sites excluding steroid dienone is 1. The molecule has 0 saturated heterocycles. The first-order valence-corrected chi connectivity index (χ1v) is 6.37. The average molecular weight is 224 g/mol. The largest absolute Gasteiger partial charge is 0.356 e. The van der Waals surface area contributed by atoms with Crippen LogP contribution in [0.2, 0.25) is 0 Å². The molecule has 3 N–H and O–H groups in total. The molecule has 1 amide bonds. The normalized spacial score (nSPS) is 17.0. The molecule has 92 valence electrons. The van der Waals surface area contributed by atoms with Crippen LogP contribution < -0.4 is 11.1 Å². The van der Waals surface area contributed by atoms with Gasteiger partial charge in [0.05, 0.1) is 0 Å². The van der Waals surface area contributed by atoms with E-state index in [0.717, 1.165) is 19.4 Å². The molecule has 0 spiro atoms. The van der Waals surface area contributed by atoms with Crippen LogP contribution in [-0.4, -0.2) is 19.0 Å². The summed E-state index contributed by atoms with van der Waals surface area (Å²) in [4.78, 5) is 11.5. The minimum atomic E-state index is 0.166. The van der Waals surface area contributed by atoms with E-state index in [4.69, 9.17) is 5.73 Å². The zero-order chi connectivity index (χ0) is 11.8. The van der Waals surface area contributed by atoms with Gasteiger partial charge in [-0.2, -0.15) is 0 Å². The lowest BCUT2D eigenvalue weighted by molar-refractivity contribution is -0.121. The number of nitrogens with one attached hydrogen (secondary N) is 1. The van der Waals surface area contributed by atoms with E-state index >= 15 is 0 Å². The molecular weight excluding hydrogens is 200 g/mol. The quantitative estimate of drug-likeness (QED) is 0.650. The van der Waals surface area contributed by atoms with Gasteiger partial charge in [-0.1, -0.05) is 18.6 Å². The minimum absolute atomic E-state index is 0.166. The van der Waals surface area contributed by atoms with E-state index in [1.165, 1.54) is 24.8 Å². The number of nitrogens with two attached hydrogens (primary N) is 1. The highest BCUT2D eigenvalue weighted by Crippen LogP contribution is 2.19. The van der Waals surface area contributed by atoms with Gasteiger partial charge in [0, 0.05) is 13.0 Å². The van der Waals surface area contributed by atoms with Gasteiger partial charge in [-0.05, 0) is 44.6 Å². The molecule has 0 bridgehead atoms. The first-order chi connectivity index (χ1) is 7.72. The molecule has 0 aromatic rings. The van der Waals surface area contributed by atoms with Crippen LogP contribution in [-0.2, 0) is 4.79 Å². The van der Waals surface area contributed by atoms with Crippen LogP contribution in [0.3, 0.4) is 0 Å². The smallest absolute Gasteiger partial charge is 0.220 e. The van der Waals surface area contributed by atoms with Gasteiger partial charge in [0.1, 0.15) is 0 Å². The number of amides is 1. The summed E-state index contributed by atoms with van der Waals surface area (Å²) >= 11 is 0. The molecule has 16 heavy (non-hydrogen) atoms. The zero-order valence-corrected chi connectivity index (χ0v) is 10.3. The second-order valence-corrected chi connectivity index (χ2v) is 4.73. The Morgan fingerprint density at radius 2 is 2.44 bits per heavy atom. The van der Waals surface area contributed by atoms with E-state index in [0.29, 0.717) is 18.9 Å². The highest BCUT2D eigenvalue weighted by molar-refractivity contribution is 5.75. The zero-order valence-electron chi connectivity index (χ0n) is 10.3. The van der Waals surface area contributed by atoms with Crippen molar-refractivity contribution < 1.29 is 4.79 Å². The Morgan fingerprint density at radius 3 is 3.06 bits per heavy atom. The first-order valence-electron chi connectivity index (χ1n) is 6.37. The number of carbonyl (C=O) groups is 1. The van der Waals surface area contributed by atoms with Crippen LogP contribution in [0.4, 0.5) is 0 Å². The summed E-state index contributed by atoms with van der Waals surface area (Å²) in [6.45, 7) is 3.54. The van der Waals surface area contributed by atoms with Gasteiger partial charge in [0.2, 0.25) is 5.91 Å². The minimum Gasteiger partial charge on any atom is -0.356 e. The van der Waals surface area contributed by atoms with E-state index in [-0.39, 0.29) is 5.91 Å². The summed E-state index contributed by atoms with van der Waals surface area (Å²) in [5.41, 5.74) is 7.01. The van der Waals surface area contributed by atoms with Crippen molar-refractivity contribution in [1.82, 2.24) is 5.32 Å². The molecule has 1 unspecified atom stereocenters. The lowest BCUT2D eigenvalue weighted by Gasteiger charge is -2.08. The first kappa shape index (κ1) is 13.2. The molecular formula is C13H24N2O. The number of rotatable bonds is 7. The van der Waals surface area contributed by atoms with Crippen molar-refractivity contribution in [3.63, 3.8) is 0 Å². The van der Waals surface area contributed by atoms with Gasteiger partial charge in [0.25, 0.3) is 0 Å². The van der Waals surface area contributed by atoms with Crippen molar-refractivity contribution in [3.05, 3.63) is 11.6 Å². The van der Waals surface area contributed by atoms with Crippen molar-refractivity contribution in [3.8, 4) is 0 Å². The van der Waals surface area contributed by atoms with Crippen LogP contribution in [0.5, 0.6) is 0 Å². The molecule has 1 aliphatic carbocycles. The molecule has 0 saturated carbocycles. The van der Waals surface area contributed by atoms with E-state index in [9.17, 15) is 4.79 Å². The summed E-state index contributed by atoms with van der Waals surface area (Å²) in [5.74, 6) is 0.613. The Hall–Kier alpha value is -0.830. The van der Waals surface area contributed by atoms with Gasteiger partial charge >= 0.3 is 0 Å². The molecule has 0 fully saturated rings. The van der Waals surface area contributed by atoms with Crippen molar-refractivity contribution >= 4 is 5.91 Å². The maximum absolute atomic E-state index is 11.5. The van der Waals surface area contributed by atoms with Gasteiger partial charge in [-0.15, -0.1) is 0 Å². The van der Waals surface area contributed by atoms with Gasteiger partial charge < -0.3 is 11.1 Å². The molecule has 0 aliphatic heterocycles. The molecule has 3 heteroatoms. The van der Waals surface area contributed by atoms with Crippen LogP contribution in [0.1, 0.15) is 45.4 Å². The fourth-order valence-corrected chi connectivity index (χ4v) is 1.91. The summed E-state index contributed by atoms with van der Waals surface area (Å²) in [6, 6.07) is 0. The number of hydrogen-bond donors (Lipinski definition) is 2. The van der Waals surface area contributed by atoms with Crippen molar-refractivity contribution in [2.75, 3.05) is 13.1 Å². The SMILES string of the molecule is CC(CN)CCC(=O)NCCC1=CCCC1. The highest BCUT2D eigenvalue weighted by atomic mass is 16.1. The van der Waals surface area contributed by atoms with Gasteiger partial charge in [-0.3, -0.25) is 4.79 Å². The highest BCUT2D eigenvalue weighted by Gasteiger charge is 2.07. The Bertz CT molecular complexity index is 248. The Labute approximate surface area is 98.5 Å². The predicted molar refractivity (Wildman–Crippen MR) is 67.0 cm³/mol. The predicted octanol–water partition coefficient (Wildman–Crippen LogP) is 1.98. The standard InChI is InChI=1S/C13H24N2O/c1-11(10-14)6-7-13(16)15-9-8-12-4-2-3-5-12/h4,11H,2-3,5-10,14H2,1H3,(H,15,16). The third kappa shape index (κ3) is 5.31. The molecule has 1 aliphatic rings. The molecule has 0 aromatic heterocycles. The second kappa shape index (κ2) is 7.44. The Kier molecular flexibility index (Phi) is 6.16. The van der Waals surface area contributed by atoms with E-state index in [2.05, 4.69) is 18.3 Å². The molecule has 1 rings (SSSR count). The molecule has 1 atom stereocenters. The summed E-state index contributed by atoms with van der Waals surface area (Å²) in [6.07, 6.45) is 8.57. The van der Waals surface area contributed by atoms with Gasteiger partial charge in [-0.25, -0.2) is 0 Å². The third-order valence-electron chi connectivity index (χ3n) is 3.17. The van der Waals surface area contributed by atoms with E-state index in [1.807, 2.05) is 0 Å². The van der Waals surface area contributed by atoms with Crippen LogP contribution >= 0.6 is 0 Å². The van der Waals surface area contributed by atoms with Crippen molar-refractivity contribution in [1.29, 1.82) is 0 Å². The number of carbonyl (C=O) groups excluding carboxylic acids is 1. The molecule has 0 aromatic carbocycles. The Balaban J connectivity index is 2.01. The second-order valence-electron chi connectivity index (χ2n) is 4.73. The topological polar surface area (TPSA) is 55.1 Å². The summed E-state index contributed by atoms with van der Waals surface area (Å²) in [7, 11) is 0. The Morgan fingerprint density at radius 1 is 1.62 bits per heavy atom. The molecule has 3 nitrogen and oxygen atoms in total. The lowest BCUT2D eigenvalue weighted by Crippen LogP contribution is -2.25. The van der Waals surface area contributed by atoms with E-state index < -0.39 is 0 Å². The fraction of sp³-hybridized carbons (Fsp3) is 0.769. The van der Waals surface area contributed by atoms with Gasteiger partial charge in [0.15, 0.2) is 0 Å². The van der Waals surface area contributed by atoms with E-state index in [1.54, 1.807) is 0 Å². The average Bonchev–Trinajstić information content (AvgIpc) is 2.79. The lowest BCUT2D eigenvalue weighted by atomic mass is 10.1. The van der Waals surface area contributed by atoms with Crippen molar-refractivity contribution in [2.24, 2.45) is 11.7 Å². The maximum atomic E-state index is 11.5. The fourth-order valence-electron chi connectivity index (χ4n) is 1.91. The van der Waals surface area contributed by atoms with Crippen LogP contribution in [0.15, 0.2) is 11.6 Å². The molecule has 0 heterocycles. The monoisotopic (exact) mass is 224 g/mol.